The number of aliphatic hydroxyl groups excluding tert-OH is 1. The quantitative estimate of drug-likeness (QED) is 0.0462. The van der Waals surface area contributed by atoms with E-state index in [1.165, 1.54) is 77.0 Å². The lowest BCUT2D eigenvalue weighted by atomic mass is 10.0. The fraction of sp³-hybridized carbons (Fsp3) is 0.744. The molecular weight excluding hydrogens is 548 g/mol. The summed E-state index contributed by atoms with van der Waals surface area (Å²) < 4.78 is 10.5. The van der Waals surface area contributed by atoms with Crippen LogP contribution in [0.5, 0.6) is 0 Å². The third-order valence-corrected chi connectivity index (χ3v) is 7.64. The molecule has 0 aromatic rings. The highest BCUT2D eigenvalue weighted by Gasteiger charge is 2.16. The molecule has 1 atom stereocenters. The first-order chi connectivity index (χ1) is 21.6. The SMILES string of the molecule is CCC=CCC=CCC=CCC=CCCCCC(=O)OC(CO)COC(=O)CCCCCCCCCCCCCCCCC. The molecule has 0 saturated heterocycles. The molecule has 5 nitrogen and oxygen atoms in total. The second kappa shape index (κ2) is 35.3. The molecule has 0 heterocycles. The molecule has 0 bridgehead atoms. The van der Waals surface area contributed by atoms with E-state index in [4.69, 9.17) is 9.47 Å². The normalized spacial score (nSPS) is 12.7. The van der Waals surface area contributed by atoms with Crippen molar-refractivity contribution in [2.24, 2.45) is 0 Å². The molecule has 5 heteroatoms. The van der Waals surface area contributed by atoms with Gasteiger partial charge in [-0.05, 0) is 51.4 Å². The summed E-state index contributed by atoms with van der Waals surface area (Å²) in [6.07, 6.45) is 43.1. The van der Waals surface area contributed by atoms with Crippen LogP contribution in [0.15, 0.2) is 48.6 Å². The van der Waals surface area contributed by atoms with Crippen molar-refractivity contribution in [3.05, 3.63) is 48.6 Å². The van der Waals surface area contributed by atoms with E-state index in [1.54, 1.807) is 0 Å². The number of carbonyl (C=O) groups excluding carboxylic acids is 2. The molecule has 0 aromatic carbocycles. The number of allylic oxidation sites excluding steroid dienone is 8. The molecule has 0 radical (unpaired) electrons. The minimum absolute atomic E-state index is 0.0816. The lowest BCUT2D eigenvalue weighted by Gasteiger charge is -2.15. The van der Waals surface area contributed by atoms with Gasteiger partial charge >= 0.3 is 11.9 Å². The van der Waals surface area contributed by atoms with E-state index in [1.807, 2.05) is 0 Å². The summed E-state index contributed by atoms with van der Waals surface area (Å²) >= 11 is 0. The first-order valence-corrected chi connectivity index (χ1v) is 18.2. The van der Waals surface area contributed by atoms with E-state index < -0.39 is 6.10 Å². The van der Waals surface area contributed by atoms with E-state index in [0.29, 0.717) is 12.8 Å². The minimum atomic E-state index is -0.790. The molecule has 0 aliphatic heterocycles. The highest BCUT2D eigenvalue weighted by atomic mass is 16.6. The van der Waals surface area contributed by atoms with Crippen LogP contribution in [0.25, 0.3) is 0 Å². The maximum atomic E-state index is 12.1. The van der Waals surface area contributed by atoms with Gasteiger partial charge in [-0.1, -0.05) is 152 Å². The van der Waals surface area contributed by atoms with Gasteiger partial charge in [0.05, 0.1) is 6.61 Å². The van der Waals surface area contributed by atoms with Crippen LogP contribution < -0.4 is 0 Å². The largest absolute Gasteiger partial charge is 0.462 e. The van der Waals surface area contributed by atoms with Gasteiger partial charge in [0.15, 0.2) is 6.10 Å². The first kappa shape index (κ1) is 41.9. The third-order valence-electron chi connectivity index (χ3n) is 7.64. The molecule has 0 spiro atoms. The molecular formula is C39H68O5. The fourth-order valence-electron chi connectivity index (χ4n) is 4.90. The molecule has 0 aliphatic rings. The van der Waals surface area contributed by atoms with E-state index in [-0.39, 0.29) is 25.2 Å². The summed E-state index contributed by atoms with van der Waals surface area (Å²) in [4.78, 5) is 24.2. The fourth-order valence-corrected chi connectivity index (χ4v) is 4.90. The van der Waals surface area contributed by atoms with E-state index in [0.717, 1.165) is 64.2 Å². The van der Waals surface area contributed by atoms with E-state index in [9.17, 15) is 14.7 Å². The molecule has 0 aliphatic carbocycles. The van der Waals surface area contributed by atoms with E-state index >= 15 is 0 Å². The molecule has 254 valence electrons. The Morgan fingerprint density at radius 1 is 0.545 bits per heavy atom. The van der Waals surface area contributed by atoms with Gasteiger partial charge in [0.25, 0.3) is 0 Å². The molecule has 44 heavy (non-hydrogen) atoms. The van der Waals surface area contributed by atoms with Gasteiger partial charge in [0, 0.05) is 12.8 Å². The summed E-state index contributed by atoms with van der Waals surface area (Å²) in [6.45, 7) is 3.98. The lowest BCUT2D eigenvalue weighted by Crippen LogP contribution is -2.28. The Hall–Kier alpha value is -2.14. The Kier molecular flexibility index (Phi) is 33.6. The van der Waals surface area contributed by atoms with Gasteiger partial charge in [-0.2, -0.15) is 0 Å². The Labute approximate surface area is 271 Å². The molecule has 0 aromatic heterocycles. The standard InChI is InChI=1S/C39H68O5/c1-3-5-7-9-11-13-15-17-19-21-23-25-27-29-31-33-38(41)43-36-37(35-40)44-39(42)34-32-30-28-26-24-22-20-18-16-14-12-10-8-6-4-2/h6,8,12,14,18,20,24,26,37,40H,3-5,7,9-11,13,15-17,19,21-23,25,27-36H2,1-2H3. The smallest absolute Gasteiger partial charge is 0.306 e. The molecule has 1 unspecified atom stereocenters. The van der Waals surface area contributed by atoms with Crippen molar-refractivity contribution in [3.8, 4) is 0 Å². The topological polar surface area (TPSA) is 72.8 Å². The highest BCUT2D eigenvalue weighted by Crippen LogP contribution is 2.14. The zero-order valence-corrected chi connectivity index (χ0v) is 28.7. The van der Waals surface area contributed by atoms with Crippen LogP contribution in [0.1, 0.15) is 168 Å². The number of esters is 2. The van der Waals surface area contributed by atoms with Crippen molar-refractivity contribution in [1.29, 1.82) is 0 Å². The summed E-state index contributed by atoms with van der Waals surface area (Å²) in [6, 6.07) is 0. The predicted molar refractivity (Wildman–Crippen MR) is 187 cm³/mol. The Balaban J connectivity index is 3.64. The zero-order chi connectivity index (χ0) is 32.2. The van der Waals surface area contributed by atoms with Crippen LogP contribution in [0.4, 0.5) is 0 Å². The minimum Gasteiger partial charge on any atom is -0.462 e. The summed E-state index contributed by atoms with van der Waals surface area (Å²) in [5.41, 5.74) is 0. The van der Waals surface area contributed by atoms with Crippen LogP contribution in [-0.2, 0) is 19.1 Å². The number of carbonyl (C=O) groups is 2. The van der Waals surface area contributed by atoms with Crippen molar-refractivity contribution < 1.29 is 24.2 Å². The second-order valence-electron chi connectivity index (χ2n) is 11.9. The molecule has 0 saturated carbocycles. The van der Waals surface area contributed by atoms with Gasteiger partial charge < -0.3 is 14.6 Å². The molecule has 0 rings (SSSR count). The van der Waals surface area contributed by atoms with Gasteiger partial charge in [-0.25, -0.2) is 0 Å². The monoisotopic (exact) mass is 617 g/mol. The van der Waals surface area contributed by atoms with Gasteiger partial charge in [-0.15, -0.1) is 0 Å². The lowest BCUT2D eigenvalue weighted by molar-refractivity contribution is -0.161. The van der Waals surface area contributed by atoms with Crippen LogP contribution in [-0.4, -0.2) is 36.4 Å². The number of rotatable bonds is 32. The van der Waals surface area contributed by atoms with Crippen molar-refractivity contribution in [3.63, 3.8) is 0 Å². The average molecular weight is 617 g/mol. The Bertz CT molecular complexity index is 752. The predicted octanol–water partition coefficient (Wildman–Crippen LogP) is 11.1. The molecule has 0 amide bonds. The van der Waals surface area contributed by atoms with Crippen LogP contribution in [0, 0.1) is 0 Å². The van der Waals surface area contributed by atoms with Crippen molar-refractivity contribution >= 4 is 11.9 Å². The van der Waals surface area contributed by atoms with E-state index in [2.05, 4.69) is 62.5 Å². The zero-order valence-electron chi connectivity index (χ0n) is 28.7. The van der Waals surface area contributed by atoms with Crippen molar-refractivity contribution in [1.82, 2.24) is 0 Å². The van der Waals surface area contributed by atoms with Crippen molar-refractivity contribution in [2.45, 2.75) is 174 Å². The number of aliphatic hydroxyl groups is 1. The van der Waals surface area contributed by atoms with Crippen molar-refractivity contribution in [2.75, 3.05) is 13.2 Å². The Morgan fingerprint density at radius 2 is 0.977 bits per heavy atom. The summed E-state index contributed by atoms with van der Waals surface area (Å²) in [5, 5.41) is 9.52. The maximum Gasteiger partial charge on any atom is 0.306 e. The average Bonchev–Trinajstić information content (AvgIpc) is 3.02. The molecule has 1 N–H and O–H groups in total. The van der Waals surface area contributed by atoms with Gasteiger partial charge in [-0.3, -0.25) is 9.59 Å². The second-order valence-corrected chi connectivity index (χ2v) is 11.9. The maximum absolute atomic E-state index is 12.1. The molecule has 0 fully saturated rings. The van der Waals surface area contributed by atoms with Gasteiger partial charge in [0.1, 0.15) is 6.61 Å². The van der Waals surface area contributed by atoms with Gasteiger partial charge in [0.2, 0.25) is 0 Å². The number of hydrogen-bond acceptors (Lipinski definition) is 5. The summed E-state index contributed by atoms with van der Waals surface area (Å²) in [7, 11) is 0. The number of hydrogen-bond donors (Lipinski definition) is 1. The number of unbranched alkanes of at least 4 members (excludes halogenated alkanes) is 16. The number of ether oxygens (including phenoxy) is 2. The summed E-state index contributed by atoms with van der Waals surface area (Å²) in [5.74, 6) is -0.639. The van der Waals surface area contributed by atoms with Crippen LogP contribution in [0.2, 0.25) is 0 Å². The highest BCUT2D eigenvalue weighted by molar-refractivity contribution is 5.70. The third kappa shape index (κ3) is 32.8. The first-order valence-electron chi connectivity index (χ1n) is 18.2. The Morgan fingerprint density at radius 3 is 1.48 bits per heavy atom. The van der Waals surface area contributed by atoms with Crippen LogP contribution in [0.3, 0.4) is 0 Å². The van der Waals surface area contributed by atoms with Crippen LogP contribution >= 0.6 is 0 Å².